The number of amides is 1. The van der Waals surface area contributed by atoms with Crippen LogP contribution in [0.3, 0.4) is 0 Å². The Morgan fingerprint density at radius 1 is 1.05 bits per heavy atom. The van der Waals surface area contributed by atoms with Gasteiger partial charge >= 0.3 is 24.8 Å². The van der Waals surface area contributed by atoms with Crippen LogP contribution in [0.5, 0.6) is 0 Å². The number of aliphatic carboxylic acids is 1. The zero-order valence-electron chi connectivity index (χ0n) is 23.9. The van der Waals surface area contributed by atoms with Crippen LogP contribution in [0.2, 0.25) is 0 Å². The molecule has 1 aliphatic rings. The van der Waals surface area contributed by atoms with Gasteiger partial charge in [-0.2, -0.15) is 11.8 Å². The van der Waals surface area contributed by atoms with E-state index in [9.17, 15) is 14.7 Å². The zero-order valence-corrected chi connectivity index (χ0v) is 24.7. The summed E-state index contributed by atoms with van der Waals surface area (Å²) >= 11 is 1.56. The van der Waals surface area contributed by atoms with Crippen LogP contribution in [-0.4, -0.2) is 67.0 Å². The summed E-state index contributed by atoms with van der Waals surface area (Å²) in [5, 5.41) is 15.6. The van der Waals surface area contributed by atoms with Crippen molar-refractivity contribution in [3.05, 3.63) is 59.2 Å². The van der Waals surface area contributed by atoms with Crippen molar-refractivity contribution >= 4 is 42.5 Å². The van der Waals surface area contributed by atoms with E-state index in [4.69, 9.17) is 0 Å². The Hall–Kier alpha value is -1.71. The molecule has 0 aromatic heterocycles. The molecule has 1 atom stereocenters. The van der Waals surface area contributed by atoms with Crippen molar-refractivity contribution in [1.29, 1.82) is 0 Å². The Morgan fingerprint density at radius 3 is 2.38 bits per heavy atom. The molecule has 1 aliphatic carbocycles. The third kappa shape index (κ3) is 12.6. The number of carbonyl (C=O) groups excluding carboxylic acids is 1. The van der Waals surface area contributed by atoms with Gasteiger partial charge in [-0.05, 0) is 98.4 Å². The maximum absolute atomic E-state index is 12.8. The molecule has 0 radical (unpaired) electrons. The molecule has 2 aromatic rings. The van der Waals surface area contributed by atoms with Gasteiger partial charge in [-0.25, -0.2) is 4.79 Å². The van der Waals surface area contributed by atoms with Crippen LogP contribution in [0.1, 0.15) is 86.7 Å². The number of hydrogen-bond acceptors (Lipinski definition) is 4. The van der Waals surface area contributed by atoms with E-state index < -0.39 is 12.0 Å². The summed E-state index contributed by atoms with van der Waals surface area (Å²) in [6.07, 6.45) is 13.2. The van der Waals surface area contributed by atoms with Gasteiger partial charge in [0, 0.05) is 5.56 Å². The van der Waals surface area contributed by atoms with Gasteiger partial charge in [0.1, 0.15) is 6.04 Å². The summed E-state index contributed by atoms with van der Waals surface area (Å²) in [4.78, 5) is 24.3. The molecule has 212 valence electrons. The molecule has 3 N–H and O–H groups in total. The SMILES string of the molecule is CCCCNCC1CCCCC1.CCc1ccc(C(=O)NC(CCSC)C(=O)O)c(-c2ccccc2C)c1.[LiH]. The van der Waals surface area contributed by atoms with Crippen LogP contribution in [0, 0.1) is 12.8 Å². The first-order valence-corrected chi connectivity index (χ1v) is 15.7. The van der Waals surface area contributed by atoms with Gasteiger partial charge in [0.2, 0.25) is 0 Å². The molecular weight excluding hydrogens is 499 g/mol. The van der Waals surface area contributed by atoms with Gasteiger partial charge in [0.25, 0.3) is 5.91 Å². The van der Waals surface area contributed by atoms with Crippen LogP contribution < -0.4 is 10.6 Å². The molecule has 39 heavy (non-hydrogen) atoms. The molecule has 0 bridgehead atoms. The second kappa shape index (κ2) is 20.2. The number of aryl methyl sites for hydroxylation is 2. The van der Waals surface area contributed by atoms with Crippen LogP contribution in [-0.2, 0) is 11.2 Å². The number of carboxylic acids is 1. The Bertz CT molecular complexity index is 995. The fourth-order valence-electron chi connectivity index (χ4n) is 4.84. The molecule has 5 nitrogen and oxygen atoms in total. The fourth-order valence-corrected chi connectivity index (χ4v) is 5.31. The number of nitrogens with one attached hydrogen (secondary N) is 2. The van der Waals surface area contributed by atoms with Crippen molar-refractivity contribution < 1.29 is 14.7 Å². The molecule has 0 heterocycles. The molecule has 0 saturated heterocycles. The summed E-state index contributed by atoms with van der Waals surface area (Å²) in [7, 11) is 0. The van der Waals surface area contributed by atoms with Crippen molar-refractivity contribution in [3.8, 4) is 11.1 Å². The first-order valence-electron chi connectivity index (χ1n) is 14.3. The average molecular weight is 549 g/mol. The first kappa shape index (κ1) is 35.3. The summed E-state index contributed by atoms with van der Waals surface area (Å²) < 4.78 is 0. The monoisotopic (exact) mass is 548 g/mol. The van der Waals surface area contributed by atoms with Gasteiger partial charge < -0.3 is 15.7 Å². The zero-order chi connectivity index (χ0) is 27.8. The summed E-state index contributed by atoms with van der Waals surface area (Å²) in [5.41, 5.74) is 4.55. The van der Waals surface area contributed by atoms with Gasteiger partial charge in [-0.1, -0.05) is 75.9 Å². The molecule has 1 saturated carbocycles. The van der Waals surface area contributed by atoms with Gasteiger partial charge in [-0.3, -0.25) is 4.79 Å². The summed E-state index contributed by atoms with van der Waals surface area (Å²) in [6, 6.07) is 12.8. The third-order valence-electron chi connectivity index (χ3n) is 7.25. The van der Waals surface area contributed by atoms with Gasteiger partial charge in [0.05, 0.1) is 0 Å². The second-order valence-corrected chi connectivity index (χ2v) is 11.2. The number of carboxylic acid groups (broad SMARTS) is 1. The molecule has 2 aromatic carbocycles. The standard InChI is InChI=1S/C21H25NO3S.C11H23N.Li.H/c1-4-15-9-10-17(18(13-15)16-8-6-5-7-14(16)2)20(23)22-19(21(24)25)11-12-26-3;1-2-3-9-12-10-11-7-5-4-6-8-11;;/h5-10,13,19H,4,11-12H2,1-3H3,(H,22,23)(H,24,25);11-12H,2-10H2,1H3;;. The van der Waals surface area contributed by atoms with Gasteiger partial charge in [0.15, 0.2) is 0 Å². The number of carbonyl (C=O) groups is 2. The summed E-state index contributed by atoms with van der Waals surface area (Å²) in [6.45, 7) is 8.84. The first-order chi connectivity index (χ1) is 18.4. The Labute approximate surface area is 252 Å². The van der Waals surface area contributed by atoms with E-state index >= 15 is 0 Å². The van der Waals surface area contributed by atoms with E-state index in [1.807, 2.05) is 49.6 Å². The van der Waals surface area contributed by atoms with Crippen molar-refractivity contribution in [2.24, 2.45) is 5.92 Å². The number of thioether (sulfide) groups is 1. The molecule has 3 rings (SSSR count). The Balaban J connectivity index is 0.000000492. The van der Waals surface area contributed by atoms with E-state index in [0.717, 1.165) is 34.6 Å². The predicted octanol–water partition coefficient (Wildman–Crippen LogP) is 6.47. The summed E-state index contributed by atoms with van der Waals surface area (Å²) in [5.74, 6) is 0.321. The minimum atomic E-state index is -1.00. The molecular formula is C32H49LiN2O3S. The molecule has 1 fully saturated rings. The number of rotatable bonds is 13. The number of unbranched alkanes of at least 4 members (excludes halogenated alkanes) is 1. The quantitative estimate of drug-likeness (QED) is 0.198. The van der Waals surface area contributed by atoms with E-state index in [1.165, 1.54) is 58.0 Å². The molecule has 7 heteroatoms. The van der Waals surface area contributed by atoms with E-state index in [-0.39, 0.29) is 24.8 Å². The van der Waals surface area contributed by atoms with Gasteiger partial charge in [-0.15, -0.1) is 0 Å². The average Bonchev–Trinajstić information content (AvgIpc) is 2.94. The molecule has 0 spiro atoms. The minimum absolute atomic E-state index is 0. The van der Waals surface area contributed by atoms with Crippen LogP contribution >= 0.6 is 11.8 Å². The normalized spacial score (nSPS) is 13.9. The molecule has 1 unspecified atom stereocenters. The van der Waals surface area contributed by atoms with Crippen molar-refractivity contribution in [2.75, 3.05) is 25.1 Å². The van der Waals surface area contributed by atoms with Crippen LogP contribution in [0.25, 0.3) is 11.1 Å². The number of benzene rings is 2. The van der Waals surface area contributed by atoms with Crippen LogP contribution in [0.15, 0.2) is 42.5 Å². The maximum atomic E-state index is 12.8. The van der Waals surface area contributed by atoms with Crippen LogP contribution in [0.4, 0.5) is 0 Å². The number of hydrogen-bond donors (Lipinski definition) is 3. The van der Waals surface area contributed by atoms with E-state index in [0.29, 0.717) is 17.7 Å². The van der Waals surface area contributed by atoms with E-state index in [2.05, 4.69) is 24.5 Å². The predicted molar refractivity (Wildman–Crippen MR) is 169 cm³/mol. The third-order valence-corrected chi connectivity index (χ3v) is 7.89. The Kier molecular flexibility index (Phi) is 18.3. The topological polar surface area (TPSA) is 78.4 Å². The second-order valence-electron chi connectivity index (χ2n) is 10.3. The van der Waals surface area contributed by atoms with Crippen molar-refractivity contribution in [1.82, 2.24) is 10.6 Å². The molecule has 0 aliphatic heterocycles. The van der Waals surface area contributed by atoms with Crippen molar-refractivity contribution in [2.45, 2.75) is 84.6 Å². The van der Waals surface area contributed by atoms with Crippen molar-refractivity contribution in [3.63, 3.8) is 0 Å². The Morgan fingerprint density at radius 2 is 1.77 bits per heavy atom. The van der Waals surface area contributed by atoms with E-state index in [1.54, 1.807) is 17.8 Å². The molecule has 1 amide bonds. The fraction of sp³-hybridized carbons (Fsp3) is 0.562.